The maximum absolute atomic E-state index is 5.36. The molecule has 0 amide bonds. The zero-order valence-electron chi connectivity index (χ0n) is 14.3. The fraction of sp³-hybridized carbons (Fsp3) is 0.316. The smallest absolute Gasteiger partial charge is 0.213 e. The third kappa shape index (κ3) is 5.12. The summed E-state index contributed by atoms with van der Waals surface area (Å²) in [6, 6.07) is 12.3. The van der Waals surface area contributed by atoms with E-state index in [4.69, 9.17) is 14.1 Å². The number of oxazole rings is 1. The molecule has 0 spiro atoms. The van der Waals surface area contributed by atoms with Crippen molar-refractivity contribution < 1.29 is 9.15 Å². The maximum Gasteiger partial charge on any atom is 0.213 e. The molecule has 0 fully saturated rings. The highest BCUT2D eigenvalue weighted by molar-refractivity contribution is 5.37. The van der Waals surface area contributed by atoms with Crippen LogP contribution in [0, 0.1) is 0 Å². The number of aromatic nitrogens is 3. The predicted octanol–water partition coefficient (Wildman–Crippen LogP) is 2.90. The zero-order valence-corrected chi connectivity index (χ0v) is 14.3. The summed E-state index contributed by atoms with van der Waals surface area (Å²) in [6.45, 7) is 1.85. The lowest BCUT2D eigenvalue weighted by atomic mass is 10.1. The molecule has 0 radical (unpaired) electrons. The van der Waals surface area contributed by atoms with E-state index in [0.29, 0.717) is 25.6 Å². The molecule has 6 heteroatoms. The lowest BCUT2D eigenvalue weighted by molar-refractivity contribution is 0.204. The van der Waals surface area contributed by atoms with Crippen molar-refractivity contribution in [2.75, 3.05) is 25.2 Å². The second-order valence-electron chi connectivity index (χ2n) is 5.66. The van der Waals surface area contributed by atoms with Crippen LogP contribution in [-0.2, 0) is 24.1 Å². The summed E-state index contributed by atoms with van der Waals surface area (Å²) in [5.41, 5.74) is 1.28. The zero-order chi connectivity index (χ0) is 17.3. The van der Waals surface area contributed by atoms with Gasteiger partial charge in [0.25, 0.3) is 0 Å². The van der Waals surface area contributed by atoms with Gasteiger partial charge >= 0.3 is 0 Å². The Balaban J connectivity index is 1.70. The van der Waals surface area contributed by atoms with Crippen LogP contribution in [0.1, 0.15) is 17.3 Å². The Kier molecular flexibility index (Phi) is 6.11. The minimum atomic E-state index is 0.547. The van der Waals surface area contributed by atoms with Gasteiger partial charge in [-0.25, -0.2) is 15.0 Å². The van der Waals surface area contributed by atoms with Crippen molar-refractivity contribution in [3.8, 4) is 0 Å². The third-order valence-corrected chi connectivity index (χ3v) is 3.87. The summed E-state index contributed by atoms with van der Waals surface area (Å²) >= 11 is 0. The average Bonchev–Trinajstić information content (AvgIpc) is 3.18. The molecule has 25 heavy (non-hydrogen) atoms. The SMILES string of the molecule is COCCN(Cc1ncco1)c1ccnc(CCc2ccccc2)n1. The van der Waals surface area contributed by atoms with Gasteiger partial charge in [-0.05, 0) is 18.1 Å². The van der Waals surface area contributed by atoms with Gasteiger partial charge in [-0.15, -0.1) is 0 Å². The van der Waals surface area contributed by atoms with Gasteiger partial charge in [0.2, 0.25) is 5.89 Å². The highest BCUT2D eigenvalue weighted by Gasteiger charge is 2.12. The third-order valence-electron chi connectivity index (χ3n) is 3.87. The molecular weight excluding hydrogens is 316 g/mol. The molecule has 0 aliphatic rings. The summed E-state index contributed by atoms with van der Waals surface area (Å²) in [4.78, 5) is 15.4. The van der Waals surface area contributed by atoms with Gasteiger partial charge in [0, 0.05) is 26.3 Å². The van der Waals surface area contributed by atoms with Crippen molar-refractivity contribution in [3.63, 3.8) is 0 Å². The molecule has 1 aromatic carbocycles. The van der Waals surface area contributed by atoms with Gasteiger partial charge in [-0.3, -0.25) is 0 Å². The Hall–Kier alpha value is -2.73. The van der Waals surface area contributed by atoms with E-state index in [2.05, 4.69) is 39.1 Å². The molecule has 3 aromatic rings. The largest absolute Gasteiger partial charge is 0.447 e. The fourth-order valence-corrected chi connectivity index (χ4v) is 2.56. The molecule has 2 heterocycles. The molecule has 2 aromatic heterocycles. The molecular formula is C19H22N4O2. The van der Waals surface area contributed by atoms with Crippen LogP contribution in [0.4, 0.5) is 5.82 Å². The van der Waals surface area contributed by atoms with Gasteiger partial charge in [0.05, 0.1) is 19.3 Å². The molecule has 0 bridgehead atoms. The number of hydrogen-bond donors (Lipinski definition) is 0. The van der Waals surface area contributed by atoms with Crippen molar-refractivity contribution in [2.45, 2.75) is 19.4 Å². The van der Waals surface area contributed by atoms with Crippen LogP contribution in [0.25, 0.3) is 0 Å². The highest BCUT2D eigenvalue weighted by atomic mass is 16.5. The molecule has 130 valence electrons. The first-order chi connectivity index (χ1) is 12.3. The standard InChI is InChI=1S/C19H22N4O2/c1-24-14-12-23(15-19-21-11-13-25-19)18-9-10-20-17(22-18)8-7-16-5-3-2-4-6-16/h2-6,9-11,13H,7-8,12,14-15H2,1H3. The summed E-state index contributed by atoms with van der Waals surface area (Å²) < 4.78 is 10.6. The lowest BCUT2D eigenvalue weighted by Gasteiger charge is -2.22. The lowest BCUT2D eigenvalue weighted by Crippen LogP contribution is -2.28. The molecule has 0 atom stereocenters. The Morgan fingerprint density at radius 2 is 1.92 bits per heavy atom. The fourth-order valence-electron chi connectivity index (χ4n) is 2.56. The Morgan fingerprint density at radius 1 is 1.04 bits per heavy atom. The van der Waals surface area contributed by atoms with Crippen LogP contribution in [-0.4, -0.2) is 35.2 Å². The van der Waals surface area contributed by atoms with Crippen LogP contribution in [0.5, 0.6) is 0 Å². The summed E-state index contributed by atoms with van der Waals surface area (Å²) in [7, 11) is 1.69. The van der Waals surface area contributed by atoms with E-state index in [1.807, 2.05) is 12.1 Å². The van der Waals surface area contributed by atoms with Crippen LogP contribution in [0.2, 0.25) is 0 Å². The van der Waals surface area contributed by atoms with Gasteiger partial charge in [0.1, 0.15) is 17.9 Å². The van der Waals surface area contributed by atoms with Crippen molar-refractivity contribution in [1.82, 2.24) is 15.0 Å². The van der Waals surface area contributed by atoms with E-state index in [9.17, 15) is 0 Å². The van der Waals surface area contributed by atoms with E-state index < -0.39 is 0 Å². The number of methoxy groups -OCH3 is 1. The van der Waals surface area contributed by atoms with Crippen molar-refractivity contribution in [1.29, 1.82) is 0 Å². The topological polar surface area (TPSA) is 64.3 Å². The Morgan fingerprint density at radius 3 is 2.68 bits per heavy atom. The van der Waals surface area contributed by atoms with Crippen LogP contribution in [0.15, 0.2) is 59.5 Å². The van der Waals surface area contributed by atoms with E-state index in [1.165, 1.54) is 5.56 Å². The number of nitrogens with zero attached hydrogens (tertiary/aromatic N) is 4. The minimum Gasteiger partial charge on any atom is -0.447 e. The van der Waals surface area contributed by atoms with E-state index in [-0.39, 0.29) is 0 Å². The molecule has 0 aliphatic carbocycles. The summed E-state index contributed by atoms with van der Waals surface area (Å²) in [6.07, 6.45) is 6.75. The van der Waals surface area contributed by atoms with Gasteiger partial charge in [-0.2, -0.15) is 0 Å². The number of aryl methyl sites for hydroxylation is 2. The molecule has 3 rings (SSSR count). The molecule has 0 N–H and O–H groups in total. The van der Waals surface area contributed by atoms with Crippen molar-refractivity contribution in [3.05, 3.63) is 72.3 Å². The normalized spacial score (nSPS) is 10.8. The summed E-state index contributed by atoms with van der Waals surface area (Å²) in [5, 5.41) is 0. The molecule has 0 unspecified atom stereocenters. The number of rotatable bonds is 9. The van der Waals surface area contributed by atoms with Gasteiger partial charge in [-0.1, -0.05) is 30.3 Å². The highest BCUT2D eigenvalue weighted by Crippen LogP contribution is 2.14. The number of benzene rings is 1. The van der Waals surface area contributed by atoms with E-state index in [1.54, 1.807) is 25.8 Å². The Bertz CT molecular complexity index is 747. The molecule has 6 nitrogen and oxygen atoms in total. The molecule has 0 saturated heterocycles. The predicted molar refractivity (Wildman–Crippen MR) is 95.3 cm³/mol. The van der Waals surface area contributed by atoms with Crippen LogP contribution < -0.4 is 4.90 Å². The van der Waals surface area contributed by atoms with Gasteiger partial charge in [0.15, 0.2) is 0 Å². The van der Waals surface area contributed by atoms with E-state index >= 15 is 0 Å². The van der Waals surface area contributed by atoms with Gasteiger partial charge < -0.3 is 14.1 Å². The maximum atomic E-state index is 5.36. The molecule has 0 aliphatic heterocycles. The van der Waals surface area contributed by atoms with E-state index in [0.717, 1.165) is 24.5 Å². The first-order valence-electron chi connectivity index (χ1n) is 8.33. The monoisotopic (exact) mass is 338 g/mol. The summed E-state index contributed by atoms with van der Waals surface area (Å²) in [5.74, 6) is 2.34. The second-order valence-corrected chi connectivity index (χ2v) is 5.66. The van der Waals surface area contributed by atoms with Crippen molar-refractivity contribution in [2.24, 2.45) is 0 Å². The first kappa shape index (κ1) is 17.1. The quantitative estimate of drug-likeness (QED) is 0.598. The van der Waals surface area contributed by atoms with Crippen molar-refractivity contribution >= 4 is 5.82 Å². The number of hydrogen-bond acceptors (Lipinski definition) is 6. The minimum absolute atomic E-state index is 0.547. The Labute approximate surface area is 147 Å². The second kappa shape index (κ2) is 8.94. The van der Waals surface area contributed by atoms with Crippen LogP contribution in [0.3, 0.4) is 0 Å². The average molecular weight is 338 g/mol. The first-order valence-corrected chi connectivity index (χ1v) is 8.33. The van der Waals surface area contributed by atoms with Crippen LogP contribution >= 0.6 is 0 Å². The molecule has 0 saturated carbocycles. The number of anilines is 1. The number of ether oxygens (including phenoxy) is 1.